The molecule has 0 radical (unpaired) electrons. The lowest BCUT2D eigenvalue weighted by Gasteiger charge is -2.02. The van der Waals surface area contributed by atoms with Crippen molar-refractivity contribution in [2.75, 3.05) is 0 Å². The Bertz CT molecular complexity index is 202. The Morgan fingerprint density at radius 3 is 1.90 bits per heavy atom. The summed E-state index contributed by atoms with van der Waals surface area (Å²) in [4.78, 5) is 10.8. The lowest BCUT2D eigenvalue weighted by atomic mass is 9.98. The Morgan fingerprint density at radius 1 is 1.20 bits per heavy atom. The summed E-state index contributed by atoms with van der Waals surface area (Å²) in [6.07, 6.45) is 11.3. The van der Waals surface area contributed by atoms with Gasteiger partial charge in [0.25, 0.3) is 0 Å². The van der Waals surface area contributed by atoms with Crippen LogP contribution in [-0.4, -0.2) is 5.78 Å². The Kier molecular flexibility index (Phi) is 1.78. The highest BCUT2D eigenvalue weighted by molar-refractivity contribution is 5.82. The lowest BCUT2D eigenvalue weighted by molar-refractivity contribution is -0.117. The molecule has 1 rings (SSSR count). The Morgan fingerprint density at radius 2 is 1.60 bits per heavy atom. The maximum atomic E-state index is 10.8. The fraction of sp³-hybridized carbons (Fsp3) is 0.444. The van der Waals surface area contributed by atoms with Crippen LogP contribution in [0.5, 0.6) is 0 Å². The van der Waals surface area contributed by atoms with Gasteiger partial charge in [-0.15, -0.1) is 24.7 Å². The van der Waals surface area contributed by atoms with E-state index in [9.17, 15) is 4.79 Å². The van der Waals surface area contributed by atoms with E-state index in [0.717, 1.165) is 0 Å². The molecule has 0 aromatic heterocycles. The number of rotatable bonds is 0. The first kappa shape index (κ1) is 6.90. The highest BCUT2D eigenvalue weighted by Crippen LogP contribution is 2.27. The van der Waals surface area contributed by atoms with E-state index in [0.29, 0.717) is 12.8 Å². The number of terminal acetylenes is 2. The van der Waals surface area contributed by atoms with Crippen LogP contribution in [0.25, 0.3) is 0 Å². The molecule has 0 amide bonds. The predicted molar refractivity (Wildman–Crippen MR) is 38.9 cm³/mol. The van der Waals surface area contributed by atoms with Crippen LogP contribution in [0.3, 0.4) is 0 Å². The molecule has 2 atom stereocenters. The minimum absolute atomic E-state index is 0.00231. The van der Waals surface area contributed by atoms with Gasteiger partial charge in [0.15, 0.2) is 0 Å². The van der Waals surface area contributed by atoms with Gasteiger partial charge < -0.3 is 0 Å². The highest BCUT2D eigenvalue weighted by Gasteiger charge is 2.29. The van der Waals surface area contributed by atoms with Gasteiger partial charge in [0.2, 0.25) is 0 Å². The highest BCUT2D eigenvalue weighted by atomic mass is 16.1. The zero-order valence-electron chi connectivity index (χ0n) is 5.63. The van der Waals surface area contributed by atoms with Crippen LogP contribution >= 0.6 is 0 Å². The van der Waals surface area contributed by atoms with Gasteiger partial charge in [-0.1, -0.05) is 0 Å². The van der Waals surface area contributed by atoms with Gasteiger partial charge in [0, 0.05) is 24.7 Å². The number of carbonyl (C=O) groups excluding carboxylic acids is 1. The normalized spacial score (nSPS) is 31.2. The third-order valence-corrected chi connectivity index (χ3v) is 1.81. The number of hydrogen-bond donors (Lipinski definition) is 0. The zero-order chi connectivity index (χ0) is 7.56. The van der Waals surface area contributed by atoms with Crippen molar-refractivity contribution >= 4 is 5.78 Å². The molecule has 1 nitrogen and oxygen atoms in total. The van der Waals surface area contributed by atoms with Crippen molar-refractivity contribution in [2.45, 2.75) is 12.8 Å². The molecule has 0 saturated heterocycles. The van der Waals surface area contributed by atoms with Crippen LogP contribution in [0.1, 0.15) is 12.8 Å². The van der Waals surface area contributed by atoms with Crippen LogP contribution in [0.15, 0.2) is 0 Å². The molecule has 1 heteroatoms. The largest absolute Gasteiger partial charge is 0.300 e. The molecule has 0 aromatic carbocycles. The van der Waals surface area contributed by atoms with Crippen LogP contribution in [0.2, 0.25) is 0 Å². The van der Waals surface area contributed by atoms with Crippen molar-refractivity contribution in [3.05, 3.63) is 0 Å². The third-order valence-electron chi connectivity index (χ3n) is 1.81. The quantitative estimate of drug-likeness (QED) is 0.446. The van der Waals surface area contributed by atoms with Crippen molar-refractivity contribution in [2.24, 2.45) is 11.8 Å². The summed E-state index contributed by atoms with van der Waals surface area (Å²) in [7, 11) is 0. The van der Waals surface area contributed by atoms with Crippen LogP contribution < -0.4 is 0 Å². The topological polar surface area (TPSA) is 17.1 Å². The monoisotopic (exact) mass is 132 g/mol. The van der Waals surface area contributed by atoms with E-state index in [1.54, 1.807) is 0 Å². The average Bonchev–Trinajstić information content (AvgIpc) is 2.30. The molecule has 1 saturated carbocycles. The van der Waals surface area contributed by atoms with Crippen LogP contribution in [0, 0.1) is 36.5 Å². The second-order valence-electron chi connectivity index (χ2n) is 2.49. The summed E-state index contributed by atoms with van der Waals surface area (Å²) < 4.78 is 0. The second-order valence-corrected chi connectivity index (χ2v) is 2.49. The predicted octanol–water partition coefficient (Wildman–Crippen LogP) is 0.848. The van der Waals surface area contributed by atoms with Gasteiger partial charge in [0.1, 0.15) is 5.78 Å². The first-order valence-corrected chi connectivity index (χ1v) is 3.22. The summed E-state index contributed by atoms with van der Waals surface area (Å²) in [5, 5.41) is 0. The van der Waals surface area contributed by atoms with E-state index < -0.39 is 0 Å². The van der Waals surface area contributed by atoms with Gasteiger partial charge in [-0.25, -0.2) is 0 Å². The average molecular weight is 132 g/mol. The van der Waals surface area contributed by atoms with Crippen molar-refractivity contribution in [3.63, 3.8) is 0 Å². The Hall–Kier alpha value is -1.21. The van der Waals surface area contributed by atoms with E-state index in [1.165, 1.54) is 0 Å². The Labute approximate surface area is 60.8 Å². The van der Waals surface area contributed by atoms with Crippen molar-refractivity contribution < 1.29 is 4.79 Å². The standard InChI is InChI=1S/C9H8O/c1-3-7-5-9(10)6-8(7)4-2/h1-2,7-8H,5-6H2. The summed E-state index contributed by atoms with van der Waals surface area (Å²) in [5.74, 6) is 5.26. The fourth-order valence-electron chi connectivity index (χ4n) is 1.21. The SMILES string of the molecule is C#CC1CC(=O)CC1C#C. The summed E-state index contributed by atoms with van der Waals surface area (Å²) in [6.45, 7) is 0. The van der Waals surface area contributed by atoms with Crippen molar-refractivity contribution in [1.29, 1.82) is 0 Å². The minimum Gasteiger partial charge on any atom is -0.300 e. The first-order valence-electron chi connectivity index (χ1n) is 3.22. The Balaban J connectivity index is 2.71. The van der Waals surface area contributed by atoms with Crippen LogP contribution in [-0.2, 0) is 4.79 Å². The lowest BCUT2D eigenvalue weighted by Crippen LogP contribution is -2.01. The molecule has 1 aliphatic carbocycles. The molecule has 0 bridgehead atoms. The fourth-order valence-corrected chi connectivity index (χ4v) is 1.21. The minimum atomic E-state index is -0.00231. The molecule has 2 unspecified atom stereocenters. The molecule has 0 aromatic rings. The maximum Gasteiger partial charge on any atom is 0.135 e. The van der Waals surface area contributed by atoms with E-state index in [4.69, 9.17) is 12.8 Å². The van der Waals surface area contributed by atoms with E-state index in [1.807, 2.05) is 0 Å². The number of carbonyl (C=O) groups is 1. The van der Waals surface area contributed by atoms with E-state index in [-0.39, 0.29) is 17.6 Å². The van der Waals surface area contributed by atoms with E-state index in [2.05, 4.69) is 11.8 Å². The second kappa shape index (κ2) is 2.58. The number of ketones is 1. The number of hydrogen-bond acceptors (Lipinski definition) is 1. The van der Waals surface area contributed by atoms with Gasteiger partial charge in [0.05, 0.1) is 0 Å². The summed E-state index contributed by atoms with van der Waals surface area (Å²) in [6, 6.07) is 0. The molecule has 1 fully saturated rings. The van der Waals surface area contributed by atoms with Gasteiger partial charge in [-0.05, 0) is 0 Å². The summed E-state index contributed by atoms with van der Waals surface area (Å²) in [5.41, 5.74) is 0. The molecular weight excluding hydrogens is 124 g/mol. The smallest absolute Gasteiger partial charge is 0.135 e. The molecule has 0 spiro atoms. The van der Waals surface area contributed by atoms with E-state index >= 15 is 0 Å². The van der Waals surface area contributed by atoms with Gasteiger partial charge in [-0.3, -0.25) is 4.79 Å². The van der Waals surface area contributed by atoms with Gasteiger partial charge >= 0.3 is 0 Å². The molecule has 10 heavy (non-hydrogen) atoms. The molecular formula is C9H8O. The van der Waals surface area contributed by atoms with Crippen LogP contribution in [0.4, 0.5) is 0 Å². The molecule has 1 aliphatic rings. The molecule has 0 N–H and O–H groups in total. The van der Waals surface area contributed by atoms with Crippen molar-refractivity contribution in [3.8, 4) is 24.7 Å². The molecule has 0 heterocycles. The first-order chi connectivity index (χ1) is 4.77. The van der Waals surface area contributed by atoms with Gasteiger partial charge in [-0.2, -0.15) is 0 Å². The molecule has 0 aliphatic heterocycles. The zero-order valence-corrected chi connectivity index (χ0v) is 5.63. The maximum absolute atomic E-state index is 10.8. The summed E-state index contributed by atoms with van der Waals surface area (Å²) >= 11 is 0. The van der Waals surface area contributed by atoms with Crippen molar-refractivity contribution in [1.82, 2.24) is 0 Å². The molecule has 50 valence electrons. The third kappa shape index (κ3) is 1.04. The number of Topliss-reactive ketones (excluding diaryl/α,β-unsaturated/α-hetero) is 1.